The lowest BCUT2D eigenvalue weighted by molar-refractivity contribution is 0.0464. The molecule has 1 saturated carbocycles. The van der Waals surface area contributed by atoms with E-state index in [1.165, 1.54) is 35.4 Å². The zero-order chi connectivity index (χ0) is 15.5. The second kappa shape index (κ2) is 7.26. The molecule has 1 aliphatic carbocycles. The highest BCUT2D eigenvalue weighted by Gasteiger charge is 2.42. The van der Waals surface area contributed by atoms with Crippen LogP contribution in [0, 0.1) is 5.92 Å². The van der Waals surface area contributed by atoms with Crippen LogP contribution in [0.5, 0.6) is 0 Å². The summed E-state index contributed by atoms with van der Waals surface area (Å²) in [5.41, 5.74) is 0.317. The SMILES string of the molecule is CCc1ccc(CC(NC)C2(N(C)C)CCC(C)CC2)s1. The van der Waals surface area contributed by atoms with Gasteiger partial charge >= 0.3 is 0 Å². The fourth-order valence-electron chi connectivity index (χ4n) is 3.85. The fourth-order valence-corrected chi connectivity index (χ4v) is 4.86. The zero-order valence-electron chi connectivity index (χ0n) is 14.4. The third-order valence-electron chi connectivity index (χ3n) is 5.50. The summed E-state index contributed by atoms with van der Waals surface area (Å²) in [6.45, 7) is 4.65. The van der Waals surface area contributed by atoms with Crippen molar-refractivity contribution >= 4 is 11.3 Å². The van der Waals surface area contributed by atoms with Gasteiger partial charge in [0.1, 0.15) is 0 Å². The molecule has 2 nitrogen and oxygen atoms in total. The lowest BCUT2D eigenvalue weighted by Crippen LogP contribution is -2.60. The van der Waals surface area contributed by atoms with Crippen molar-refractivity contribution in [1.82, 2.24) is 10.2 Å². The van der Waals surface area contributed by atoms with Crippen LogP contribution in [0.15, 0.2) is 12.1 Å². The summed E-state index contributed by atoms with van der Waals surface area (Å²) in [4.78, 5) is 5.54. The van der Waals surface area contributed by atoms with Crippen LogP contribution in [0.4, 0.5) is 0 Å². The summed E-state index contributed by atoms with van der Waals surface area (Å²) in [7, 11) is 6.68. The van der Waals surface area contributed by atoms with Crippen LogP contribution >= 0.6 is 11.3 Å². The van der Waals surface area contributed by atoms with Crippen LogP contribution < -0.4 is 5.32 Å². The largest absolute Gasteiger partial charge is 0.315 e. The number of hydrogen-bond donors (Lipinski definition) is 1. The molecule has 3 heteroatoms. The molecule has 0 aliphatic heterocycles. The molecule has 1 aromatic heterocycles. The molecule has 1 aromatic rings. The third kappa shape index (κ3) is 3.69. The molecule has 0 radical (unpaired) electrons. The summed E-state index contributed by atoms with van der Waals surface area (Å²) in [6.07, 6.45) is 7.68. The van der Waals surface area contributed by atoms with Crippen LogP contribution in [0.1, 0.15) is 49.3 Å². The summed E-state index contributed by atoms with van der Waals surface area (Å²) in [6, 6.07) is 5.18. The van der Waals surface area contributed by atoms with Crippen LogP contribution in [0.25, 0.3) is 0 Å². The Morgan fingerprint density at radius 3 is 2.38 bits per heavy atom. The molecule has 1 aliphatic rings. The van der Waals surface area contributed by atoms with Gasteiger partial charge in [-0.1, -0.05) is 13.8 Å². The fraction of sp³-hybridized carbons (Fsp3) is 0.778. The van der Waals surface area contributed by atoms with Crippen molar-refractivity contribution in [3.63, 3.8) is 0 Å². The van der Waals surface area contributed by atoms with E-state index in [0.717, 1.165) is 18.8 Å². The van der Waals surface area contributed by atoms with Crippen LogP contribution in [0.2, 0.25) is 0 Å². The van der Waals surface area contributed by atoms with Crippen molar-refractivity contribution in [2.45, 2.75) is 64.0 Å². The van der Waals surface area contributed by atoms with Gasteiger partial charge in [-0.2, -0.15) is 0 Å². The van der Waals surface area contributed by atoms with Gasteiger partial charge < -0.3 is 10.2 Å². The third-order valence-corrected chi connectivity index (χ3v) is 6.75. The molecule has 0 spiro atoms. The van der Waals surface area contributed by atoms with E-state index in [1.807, 2.05) is 11.3 Å². The van der Waals surface area contributed by atoms with E-state index in [0.29, 0.717) is 11.6 Å². The zero-order valence-corrected chi connectivity index (χ0v) is 15.2. The molecule has 1 N–H and O–H groups in total. The smallest absolute Gasteiger partial charge is 0.0360 e. The Kier molecular flexibility index (Phi) is 5.87. The summed E-state index contributed by atoms with van der Waals surface area (Å²) >= 11 is 1.99. The maximum absolute atomic E-state index is 3.65. The van der Waals surface area contributed by atoms with Gasteiger partial charge in [-0.05, 0) is 77.7 Å². The van der Waals surface area contributed by atoms with Gasteiger partial charge in [0.05, 0.1) is 0 Å². The lowest BCUT2D eigenvalue weighted by Gasteiger charge is -2.49. The van der Waals surface area contributed by atoms with E-state index in [-0.39, 0.29) is 0 Å². The number of hydrogen-bond acceptors (Lipinski definition) is 3. The molecule has 1 unspecified atom stereocenters. The molecule has 21 heavy (non-hydrogen) atoms. The lowest BCUT2D eigenvalue weighted by atomic mass is 9.71. The Balaban J connectivity index is 2.16. The van der Waals surface area contributed by atoms with E-state index < -0.39 is 0 Å². The van der Waals surface area contributed by atoms with Gasteiger partial charge in [0.15, 0.2) is 0 Å². The summed E-state index contributed by atoms with van der Waals surface area (Å²) < 4.78 is 0. The summed E-state index contributed by atoms with van der Waals surface area (Å²) in [5, 5.41) is 3.65. The highest BCUT2D eigenvalue weighted by atomic mass is 32.1. The minimum absolute atomic E-state index is 0.317. The number of aryl methyl sites for hydroxylation is 1. The highest BCUT2D eigenvalue weighted by Crippen LogP contribution is 2.39. The van der Waals surface area contributed by atoms with Crippen molar-refractivity contribution in [2.75, 3.05) is 21.1 Å². The van der Waals surface area contributed by atoms with Crippen LogP contribution in [-0.4, -0.2) is 37.6 Å². The minimum atomic E-state index is 0.317. The second-order valence-corrected chi connectivity index (χ2v) is 8.20. The minimum Gasteiger partial charge on any atom is -0.315 e. The number of likely N-dealkylation sites (N-methyl/N-ethyl adjacent to an activating group) is 2. The Morgan fingerprint density at radius 2 is 1.90 bits per heavy atom. The maximum Gasteiger partial charge on any atom is 0.0360 e. The first-order valence-corrected chi connectivity index (χ1v) is 9.25. The summed E-state index contributed by atoms with van der Waals surface area (Å²) in [5.74, 6) is 0.893. The van der Waals surface area contributed by atoms with Gasteiger partial charge in [0.25, 0.3) is 0 Å². The first-order valence-electron chi connectivity index (χ1n) is 8.44. The van der Waals surface area contributed by atoms with Crippen molar-refractivity contribution in [2.24, 2.45) is 5.92 Å². The van der Waals surface area contributed by atoms with Crippen molar-refractivity contribution in [3.8, 4) is 0 Å². The molecule has 0 bridgehead atoms. The predicted molar refractivity (Wildman–Crippen MR) is 94.3 cm³/mol. The standard InChI is InChI=1S/C18H32N2S/c1-6-15-7-8-16(21-15)13-17(19-3)18(20(4)5)11-9-14(2)10-12-18/h7-8,14,17,19H,6,9-13H2,1-5H3. The highest BCUT2D eigenvalue weighted by molar-refractivity contribution is 7.11. The van der Waals surface area contributed by atoms with E-state index in [1.54, 1.807) is 0 Å². The first-order chi connectivity index (χ1) is 10.0. The van der Waals surface area contributed by atoms with E-state index in [9.17, 15) is 0 Å². The second-order valence-electron chi connectivity index (χ2n) is 6.95. The number of rotatable bonds is 6. The predicted octanol–water partition coefficient (Wildman–Crippen LogP) is 3.95. The molecule has 1 heterocycles. The average Bonchev–Trinajstić information content (AvgIpc) is 2.93. The quantitative estimate of drug-likeness (QED) is 0.856. The van der Waals surface area contributed by atoms with E-state index in [2.05, 4.69) is 57.3 Å². The van der Waals surface area contributed by atoms with Gasteiger partial charge in [-0.25, -0.2) is 0 Å². The Bertz CT molecular complexity index is 430. The first kappa shape index (κ1) is 17.0. The Labute approximate surface area is 134 Å². The van der Waals surface area contributed by atoms with Gasteiger partial charge in [0.2, 0.25) is 0 Å². The number of nitrogens with one attached hydrogen (secondary N) is 1. The van der Waals surface area contributed by atoms with Crippen molar-refractivity contribution < 1.29 is 0 Å². The molecule has 1 atom stereocenters. The Hall–Kier alpha value is -0.380. The molecule has 120 valence electrons. The van der Waals surface area contributed by atoms with E-state index in [4.69, 9.17) is 0 Å². The monoisotopic (exact) mass is 308 g/mol. The molecule has 0 saturated heterocycles. The molecule has 1 fully saturated rings. The topological polar surface area (TPSA) is 15.3 Å². The van der Waals surface area contributed by atoms with Crippen LogP contribution in [-0.2, 0) is 12.8 Å². The molecule has 2 rings (SSSR count). The van der Waals surface area contributed by atoms with Gasteiger partial charge in [-0.3, -0.25) is 0 Å². The van der Waals surface area contributed by atoms with E-state index >= 15 is 0 Å². The van der Waals surface area contributed by atoms with Gasteiger partial charge in [-0.15, -0.1) is 11.3 Å². The Morgan fingerprint density at radius 1 is 1.29 bits per heavy atom. The molecular weight excluding hydrogens is 276 g/mol. The number of thiophene rings is 1. The van der Waals surface area contributed by atoms with Gasteiger partial charge in [0, 0.05) is 21.3 Å². The number of nitrogens with zero attached hydrogens (tertiary/aromatic N) is 1. The average molecular weight is 309 g/mol. The van der Waals surface area contributed by atoms with Crippen LogP contribution in [0.3, 0.4) is 0 Å². The molecule has 0 aromatic carbocycles. The van der Waals surface area contributed by atoms with Crippen molar-refractivity contribution in [1.29, 1.82) is 0 Å². The molecular formula is C18H32N2S. The van der Waals surface area contributed by atoms with Crippen molar-refractivity contribution in [3.05, 3.63) is 21.9 Å². The normalized spacial score (nSPS) is 28.0. The molecule has 0 amide bonds. The maximum atomic E-state index is 3.65.